The second kappa shape index (κ2) is 8.35. The number of para-hydroxylation sites is 1. The molecule has 0 radical (unpaired) electrons. The molecule has 31 heavy (non-hydrogen) atoms. The van der Waals surface area contributed by atoms with Crippen LogP contribution in [0.3, 0.4) is 0 Å². The van der Waals surface area contributed by atoms with Crippen LogP contribution in [0.5, 0.6) is 0 Å². The predicted octanol–water partition coefficient (Wildman–Crippen LogP) is 4.90. The zero-order valence-electron chi connectivity index (χ0n) is 16.6. The summed E-state index contributed by atoms with van der Waals surface area (Å²) in [6, 6.07) is 16.6. The van der Waals surface area contributed by atoms with Crippen LogP contribution >= 0.6 is 11.6 Å². The number of aromatic nitrogens is 3. The Kier molecular flexibility index (Phi) is 5.26. The number of benzene rings is 2. The molecular weight excluding hydrogens is 416 g/mol. The molecule has 156 valence electrons. The number of halogens is 1. The molecule has 0 spiro atoms. The van der Waals surface area contributed by atoms with Gasteiger partial charge in [0.25, 0.3) is 5.89 Å². The third-order valence-corrected chi connectivity index (χ3v) is 5.47. The van der Waals surface area contributed by atoms with Crippen molar-refractivity contribution in [1.29, 1.82) is 0 Å². The number of pyridine rings is 1. The molecule has 1 fully saturated rings. The number of hydrogen-bond donors (Lipinski definition) is 0. The molecule has 7 nitrogen and oxygen atoms in total. The lowest BCUT2D eigenvalue weighted by Crippen LogP contribution is -2.23. The Hall–Kier alpha value is -3.45. The van der Waals surface area contributed by atoms with Crippen molar-refractivity contribution in [2.75, 3.05) is 18.0 Å². The molecule has 4 aromatic rings. The van der Waals surface area contributed by atoms with Gasteiger partial charge in [0, 0.05) is 29.1 Å². The second-order valence-electron chi connectivity index (χ2n) is 7.33. The first-order valence-corrected chi connectivity index (χ1v) is 10.5. The summed E-state index contributed by atoms with van der Waals surface area (Å²) in [7, 11) is 0. The van der Waals surface area contributed by atoms with Gasteiger partial charge in [0.1, 0.15) is 11.4 Å². The average Bonchev–Trinajstić information content (AvgIpc) is 3.49. The molecule has 3 heterocycles. The molecule has 0 aliphatic carbocycles. The maximum absolute atomic E-state index is 13.0. The molecule has 0 saturated carbocycles. The Morgan fingerprint density at radius 3 is 2.65 bits per heavy atom. The summed E-state index contributed by atoms with van der Waals surface area (Å²) in [5.41, 5.74) is 2.04. The van der Waals surface area contributed by atoms with E-state index in [-0.39, 0.29) is 12.5 Å². The van der Waals surface area contributed by atoms with Gasteiger partial charge in [-0.05, 0) is 49.2 Å². The topological polar surface area (TPSA) is 81.3 Å². The number of rotatable bonds is 5. The normalized spacial score (nSPS) is 13.6. The van der Waals surface area contributed by atoms with Crippen molar-refractivity contribution in [2.24, 2.45) is 0 Å². The van der Waals surface area contributed by atoms with E-state index in [1.165, 1.54) is 0 Å². The number of anilines is 1. The van der Waals surface area contributed by atoms with Crippen molar-refractivity contribution in [1.82, 2.24) is 15.2 Å². The number of carbonyl (C=O) groups excluding carboxylic acids is 1. The highest BCUT2D eigenvalue weighted by atomic mass is 35.5. The van der Waals surface area contributed by atoms with Gasteiger partial charge < -0.3 is 14.1 Å². The van der Waals surface area contributed by atoms with Gasteiger partial charge in [-0.1, -0.05) is 29.8 Å². The lowest BCUT2D eigenvalue weighted by molar-refractivity contribution is 0.0439. The summed E-state index contributed by atoms with van der Waals surface area (Å²) in [6.07, 6.45) is 2.16. The van der Waals surface area contributed by atoms with E-state index in [0.717, 1.165) is 42.4 Å². The largest absolute Gasteiger partial charge is 0.452 e. The Morgan fingerprint density at radius 1 is 1.06 bits per heavy atom. The van der Waals surface area contributed by atoms with E-state index in [2.05, 4.69) is 15.1 Å². The van der Waals surface area contributed by atoms with Gasteiger partial charge in [0.05, 0.1) is 5.52 Å². The Labute approximate surface area is 183 Å². The molecule has 8 heteroatoms. The Bertz CT molecular complexity index is 1230. The van der Waals surface area contributed by atoms with E-state index in [4.69, 9.17) is 25.7 Å². The predicted molar refractivity (Wildman–Crippen MR) is 117 cm³/mol. The quantitative estimate of drug-likeness (QED) is 0.413. The van der Waals surface area contributed by atoms with Crippen LogP contribution < -0.4 is 4.90 Å². The SMILES string of the molecule is O=C(OCc1nnc(-c2ccc(Cl)cc2)o1)c1cc2ccccc2nc1N1CCCC1. The molecule has 0 amide bonds. The van der Waals surface area contributed by atoms with Crippen LogP contribution in [-0.2, 0) is 11.3 Å². The zero-order valence-corrected chi connectivity index (χ0v) is 17.4. The molecule has 0 bridgehead atoms. The van der Waals surface area contributed by atoms with Crippen LogP contribution in [0.15, 0.2) is 59.0 Å². The van der Waals surface area contributed by atoms with Crippen molar-refractivity contribution in [3.63, 3.8) is 0 Å². The van der Waals surface area contributed by atoms with Gasteiger partial charge in [0.2, 0.25) is 5.89 Å². The second-order valence-corrected chi connectivity index (χ2v) is 7.77. The van der Waals surface area contributed by atoms with Gasteiger partial charge in [-0.25, -0.2) is 9.78 Å². The van der Waals surface area contributed by atoms with Crippen LogP contribution in [0.1, 0.15) is 29.1 Å². The number of ether oxygens (including phenoxy) is 1. The third-order valence-electron chi connectivity index (χ3n) is 5.21. The molecule has 0 unspecified atom stereocenters. The van der Waals surface area contributed by atoms with E-state index in [0.29, 0.717) is 22.3 Å². The van der Waals surface area contributed by atoms with E-state index in [1.807, 2.05) is 30.3 Å². The highest BCUT2D eigenvalue weighted by Gasteiger charge is 2.23. The van der Waals surface area contributed by atoms with Crippen LogP contribution in [0.4, 0.5) is 5.82 Å². The highest BCUT2D eigenvalue weighted by molar-refractivity contribution is 6.30. The lowest BCUT2D eigenvalue weighted by atomic mass is 10.1. The Morgan fingerprint density at radius 2 is 1.84 bits per heavy atom. The van der Waals surface area contributed by atoms with E-state index in [1.54, 1.807) is 24.3 Å². The Balaban J connectivity index is 1.37. The first-order chi connectivity index (χ1) is 15.2. The summed E-state index contributed by atoms with van der Waals surface area (Å²) in [4.78, 5) is 19.8. The van der Waals surface area contributed by atoms with Crippen molar-refractivity contribution in [3.05, 3.63) is 71.1 Å². The monoisotopic (exact) mass is 434 g/mol. The molecule has 5 rings (SSSR count). The van der Waals surface area contributed by atoms with Crippen LogP contribution in [0.2, 0.25) is 5.02 Å². The van der Waals surface area contributed by atoms with Gasteiger partial charge in [-0.3, -0.25) is 0 Å². The van der Waals surface area contributed by atoms with Gasteiger partial charge in [0.15, 0.2) is 6.61 Å². The fraction of sp³-hybridized carbons (Fsp3) is 0.217. The number of fused-ring (bicyclic) bond motifs is 1. The van der Waals surface area contributed by atoms with Gasteiger partial charge in [-0.15, -0.1) is 10.2 Å². The average molecular weight is 435 g/mol. The molecule has 1 saturated heterocycles. The number of hydrogen-bond acceptors (Lipinski definition) is 7. The third kappa shape index (κ3) is 4.09. The molecule has 0 N–H and O–H groups in total. The summed E-state index contributed by atoms with van der Waals surface area (Å²) in [5.74, 6) is 0.752. The summed E-state index contributed by atoms with van der Waals surface area (Å²) in [6.45, 7) is 1.63. The smallest absolute Gasteiger partial charge is 0.342 e. The standard InChI is InChI=1S/C23H19ClN4O3/c24-17-9-7-15(8-10-17)22-27-26-20(31-22)14-30-23(29)18-13-16-5-1-2-6-19(16)25-21(18)28-11-3-4-12-28/h1-2,5-10,13H,3-4,11-12,14H2. The number of carbonyl (C=O) groups is 1. The van der Waals surface area contributed by atoms with Crippen molar-refractivity contribution < 1.29 is 13.9 Å². The minimum atomic E-state index is -0.466. The van der Waals surface area contributed by atoms with Crippen molar-refractivity contribution >= 4 is 34.3 Å². The van der Waals surface area contributed by atoms with Gasteiger partial charge >= 0.3 is 5.97 Å². The number of nitrogens with zero attached hydrogens (tertiary/aromatic N) is 4. The number of esters is 1. The minimum absolute atomic E-state index is 0.119. The zero-order chi connectivity index (χ0) is 21.2. The lowest BCUT2D eigenvalue weighted by Gasteiger charge is -2.20. The van der Waals surface area contributed by atoms with Crippen molar-refractivity contribution in [2.45, 2.75) is 19.4 Å². The van der Waals surface area contributed by atoms with E-state index in [9.17, 15) is 4.79 Å². The minimum Gasteiger partial charge on any atom is -0.452 e. The first-order valence-electron chi connectivity index (χ1n) is 10.1. The van der Waals surface area contributed by atoms with Crippen LogP contribution in [-0.4, -0.2) is 34.2 Å². The van der Waals surface area contributed by atoms with Crippen LogP contribution in [0.25, 0.3) is 22.4 Å². The van der Waals surface area contributed by atoms with Crippen LogP contribution in [0, 0.1) is 0 Å². The summed E-state index contributed by atoms with van der Waals surface area (Å²) in [5, 5.41) is 9.50. The summed E-state index contributed by atoms with van der Waals surface area (Å²) < 4.78 is 11.1. The molecule has 2 aromatic heterocycles. The maximum atomic E-state index is 13.0. The van der Waals surface area contributed by atoms with E-state index >= 15 is 0 Å². The molecule has 2 aromatic carbocycles. The molecule has 0 atom stereocenters. The molecule has 1 aliphatic rings. The fourth-order valence-corrected chi connectivity index (χ4v) is 3.78. The van der Waals surface area contributed by atoms with Crippen molar-refractivity contribution in [3.8, 4) is 11.5 Å². The van der Waals surface area contributed by atoms with Gasteiger partial charge in [-0.2, -0.15) is 0 Å². The maximum Gasteiger partial charge on any atom is 0.342 e. The highest BCUT2D eigenvalue weighted by Crippen LogP contribution is 2.27. The molecule has 1 aliphatic heterocycles. The first kappa shape index (κ1) is 19.5. The van der Waals surface area contributed by atoms with E-state index < -0.39 is 5.97 Å². The molecular formula is C23H19ClN4O3. The fourth-order valence-electron chi connectivity index (χ4n) is 3.65. The summed E-state index contributed by atoms with van der Waals surface area (Å²) >= 11 is 5.91.